The van der Waals surface area contributed by atoms with Gasteiger partial charge in [-0.2, -0.15) is 0 Å². The fourth-order valence-corrected chi connectivity index (χ4v) is 5.74. The van der Waals surface area contributed by atoms with E-state index in [0.29, 0.717) is 4.91 Å². The number of carboxylic acid groups (broad SMARTS) is 2. The van der Waals surface area contributed by atoms with Crippen LogP contribution >= 0.6 is 34.9 Å². The van der Waals surface area contributed by atoms with Gasteiger partial charge in [-0.25, -0.2) is 19.4 Å². The van der Waals surface area contributed by atoms with Crippen molar-refractivity contribution in [1.29, 1.82) is 0 Å². The van der Waals surface area contributed by atoms with Gasteiger partial charge in [0.2, 0.25) is 6.61 Å². The molecule has 2 aliphatic rings. The molecule has 2 amide bonds. The summed E-state index contributed by atoms with van der Waals surface area (Å²) in [7, 11) is 1.20. The van der Waals surface area contributed by atoms with Crippen LogP contribution in [0.25, 0.3) is 0 Å². The number of rotatable bonds is 10. The number of amides is 2. The molecule has 0 unspecified atom stereocenters. The van der Waals surface area contributed by atoms with Crippen LogP contribution < -0.4 is 11.1 Å². The van der Waals surface area contributed by atoms with Crippen LogP contribution in [0.4, 0.5) is 5.13 Å². The van der Waals surface area contributed by atoms with Crippen LogP contribution in [0.2, 0.25) is 0 Å². The highest BCUT2D eigenvalue weighted by Crippen LogP contribution is 2.43. The fraction of sp³-hybridized carbons (Fsp3) is 0.278. The number of oxime groups is 1. The average Bonchev–Trinajstić information content (AvgIpc) is 3.24. The molecule has 1 saturated heterocycles. The molecule has 0 saturated carbocycles. The topological polar surface area (TPSA) is 211 Å². The minimum Gasteiger partial charge on any atom is -0.479 e. The Kier molecular flexibility index (Phi) is 8.36. The Bertz CT molecular complexity index is 1160. The van der Waals surface area contributed by atoms with Crippen molar-refractivity contribution in [2.24, 2.45) is 5.16 Å². The molecule has 3 heterocycles. The number of thioether (sulfide) groups is 2. The first-order valence-corrected chi connectivity index (χ1v) is 12.2. The van der Waals surface area contributed by atoms with E-state index < -0.39 is 53.5 Å². The van der Waals surface area contributed by atoms with Crippen molar-refractivity contribution in [3.8, 4) is 0 Å². The zero-order valence-electron chi connectivity index (χ0n) is 17.7. The number of aromatic nitrogens is 1. The first kappa shape index (κ1) is 26.0. The molecule has 0 bridgehead atoms. The smallest absolute Gasteiger partial charge is 0.353 e. The number of esters is 1. The van der Waals surface area contributed by atoms with Crippen LogP contribution in [0.15, 0.2) is 32.6 Å². The number of hydrogen-bond acceptors (Lipinski definition) is 13. The molecule has 1 aromatic heterocycles. The van der Waals surface area contributed by atoms with Gasteiger partial charge >= 0.3 is 17.9 Å². The Morgan fingerprint density at radius 2 is 2.14 bits per heavy atom. The van der Waals surface area contributed by atoms with E-state index >= 15 is 0 Å². The van der Waals surface area contributed by atoms with E-state index in [-0.39, 0.29) is 22.3 Å². The van der Waals surface area contributed by atoms with E-state index in [9.17, 15) is 29.1 Å². The summed E-state index contributed by atoms with van der Waals surface area (Å²) >= 11 is 3.18. The third-order valence-electron chi connectivity index (χ3n) is 4.36. The molecule has 2 aliphatic heterocycles. The zero-order chi connectivity index (χ0) is 25.7. The van der Waals surface area contributed by atoms with Gasteiger partial charge in [0.1, 0.15) is 22.8 Å². The molecule has 5 N–H and O–H groups in total. The van der Waals surface area contributed by atoms with Crippen LogP contribution in [-0.2, 0) is 33.5 Å². The van der Waals surface area contributed by atoms with E-state index in [4.69, 9.17) is 10.8 Å². The summed E-state index contributed by atoms with van der Waals surface area (Å²) in [6.45, 7) is -0.817. The van der Waals surface area contributed by atoms with Gasteiger partial charge in [-0.1, -0.05) is 16.9 Å². The number of fused-ring (bicyclic) bond motifs is 1. The highest BCUT2D eigenvalue weighted by molar-refractivity contribution is 8.08. The number of β-lactam (4-membered cyclic amide) rings is 1. The molecule has 17 heteroatoms. The maximum Gasteiger partial charge on any atom is 0.353 e. The highest BCUT2D eigenvalue weighted by Gasteiger charge is 2.54. The number of nitrogens with one attached hydrogen (secondary N) is 1. The van der Waals surface area contributed by atoms with Crippen molar-refractivity contribution >= 4 is 75.4 Å². The number of anilines is 1. The Morgan fingerprint density at radius 3 is 2.74 bits per heavy atom. The van der Waals surface area contributed by atoms with Gasteiger partial charge in [0.25, 0.3) is 11.8 Å². The second-order valence-electron chi connectivity index (χ2n) is 6.56. The van der Waals surface area contributed by atoms with Gasteiger partial charge in [0.05, 0.1) is 7.11 Å². The number of carboxylic acids is 2. The van der Waals surface area contributed by atoms with Crippen LogP contribution in [0.5, 0.6) is 0 Å². The molecule has 35 heavy (non-hydrogen) atoms. The Balaban J connectivity index is 1.77. The lowest BCUT2D eigenvalue weighted by Gasteiger charge is -2.49. The summed E-state index contributed by atoms with van der Waals surface area (Å²) in [5.74, 6) is -4.65. The standard InChI is InChI=1S/C18H17N5O9S3/c1-31-10(26)2-3-33-8-6-34-16-12(15(28)23(16)13(8)17(29)30)21-14(27)11(22-32-4-9(24)25)7-5-35-18(19)20-7/h2-3,5,12,16H,4,6H2,1H3,(H2,19,20)(H,21,27)(H,24,25)(H,29,30)/b3-2-,22-11-/t12-,16-/m1/s1. The molecule has 0 aromatic carbocycles. The predicted molar refractivity (Wildman–Crippen MR) is 125 cm³/mol. The first-order chi connectivity index (χ1) is 16.6. The maximum absolute atomic E-state index is 12.9. The Morgan fingerprint density at radius 1 is 1.40 bits per heavy atom. The Labute approximate surface area is 209 Å². The van der Waals surface area contributed by atoms with Gasteiger partial charge in [-0.15, -0.1) is 23.1 Å². The van der Waals surface area contributed by atoms with E-state index in [1.54, 1.807) is 0 Å². The lowest BCUT2D eigenvalue weighted by molar-refractivity contribution is -0.150. The number of aliphatic carboxylic acids is 2. The van der Waals surface area contributed by atoms with E-state index in [1.165, 1.54) is 29.7 Å². The normalized spacial score (nSPS) is 19.7. The summed E-state index contributed by atoms with van der Waals surface area (Å²) in [6, 6.07) is -1.08. The van der Waals surface area contributed by atoms with Crippen molar-refractivity contribution in [3.63, 3.8) is 0 Å². The predicted octanol–water partition coefficient (Wildman–Crippen LogP) is -0.353. The number of carbonyl (C=O) groups excluding carboxylic acids is 3. The van der Waals surface area contributed by atoms with Crippen molar-refractivity contribution in [2.45, 2.75) is 11.4 Å². The molecule has 2 atom stereocenters. The summed E-state index contributed by atoms with van der Waals surface area (Å²) in [5.41, 5.74) is 4.94. The minimum atomic E-state index is -1.34. The molecule has 1 aromatic rings. The van der Waals surface area contributed by atoms with Crippen molar-refractivity contribution in [2.75, 3.05) is 25.2 Å². The second-order valence-corrected chi connectivity index (χ2v) is 9.56. The molecule has 3 rings (SSSR count). The molecular formula is C18H17N5O9S3. The van der Waals surface area contributed by atoms with Crippen LogP contribution in [0.1, 0.15) is 5.69 Å². The molecule has 0 radical (unpaired) electrons. The van der Waals surface area contributed by atoms with Gasteiger partial charge in [-0.05, 0) is 5.41 Å². The highest BCUT2D eigenvalue weighted by atomic mass is 32.2. The molecule has 0 aliphatic carbocycles. The quantitative estimate of drug-likeness (QED) is 0.0978. The second kappa shape index (κ2) is 11.2. The maximum atomic E-state index is 12.9. The first-order valence-electron chi connectivity index (χ1n) is 9.40. The number of nitrogens with zero attached hydrogens (tertiary/aromatic N) is 3. The molecular weight excluding hydrogens is 526 g/mol. The number of nitrogens with two attached hydrogens (primary N) is 1. The Hall–Kier alpha value is -3.57. The van der Waals surface area contributed by atoms with Crippen LogP contribution in [0, 0.1) is 0 Å². The number of methoxy groups -OCH3 is 1. The third-order valence-corrected chi connectivity index (χ3v) is 7.39. The fourth-order valence-electron chi connectivity index (χ4n) is 2.88. The van der Waals surface area contributed by atoms with E-state index in [1.807, 2.05) is 0 Å². The SMILES string of the molecule is COC(=O)/C=C\SC1=C(C(=O)O)N2C(=O)[C@@H](NC(=O)/C(=N\OCC(=O)O)c3csc(N)n3)[C@H]2SC1. The van der Waals surface area contributed by atoms with Crippen molar-refractivity contribution < 1.29 is 43.8 Å². The van der Waals surface area contributed by atoms with Gasteiger partial charge in [0, 0.05) is 22.1 Å². The van der Waals surface area contributed by atoms with Crippen molar-refractivity contribution in [1.82, 2.24) is 15.2 Å². The number of thiazole rings is 1. The van der Waals surface area contributed by atoms with E-state index in [2.05, 4.69) is 25.0 Å². The lowest BCUT2D eigenvalue weighted by atomic mass is 10.0. The number of hydrogen-bond donors (Lipinski definition) is 4. The summed E-state index contributed by atoms with van der Waals surface area (Å²) in [6.07, 6.45) is 1.12. The number of ether oxygens (including phenoxy) is 1. The largest absolute Gasteiger partial charge is 0.479 e. The van der Waals surface area contributed by atoms with Gasteiger partial charge in [0.15, 0.2) is 10.8 Å². The summed E-state index contributed by atoms with van der Waals surface area (Å²) in [5, 5.41) is 26.5. The van der Waals surface area contributed by atoms with Gasteiger partial charge in [-0.3, -0.25) is 14.5 Å². The van der Waals surface area contributed by atoms with Crippen LogP contribution in [0.3, 0.4) is 0 Å². The molecule has 186 valence electrons. The lowest BCUT2D eigenvalue weighted by Crippen LogP contribution is -2.71. The third kappa shape index (κ3) is 5.92. The summed E-state index contributed by atoms with van der Waals surface area (Å²) in [4.78, 5) is 69.4. The molecule has 14 nitrogen and oxygen atoms in total. The van der Waals surface area contributed by atoms with Crippen LogP contribution in [-0.4, -0.2) is 86.4 Å². The van der Waals surface area contributed by atoms with Gasteiger partial charge < -0.3 is 30.8 Å². The number of carbonyl (C=O) groups is 5. The zero-order valence-corrected chi connectivity index (χ0v) is 20.1. The average molecular weight is 544 g/mol. The van der Waals surface area contributed by atoms with Crippen molar-refractivity contribution in [3.05, 3.63) is 33.2 Å². The molecule has 1 fully saturated rings. The summed E-state index contributed by atoms with van der Waals surface area (Å²) < 4.78 is 4.48. The van der Waals surface area contributed by atoms with E-state index in [0.717, 1.165) is 34.1 Å². The number of nitrogen functional groups attached to an aromatic ring is 1. The minimum absolute atomic E-state index is 0.0116. The molecule has 0 spiro atoms. The monoisotopic (exact) mass is 543 g/mol.